The third kappa shape index (κ3) is 2.22. The second kappa shape index (κ2) is 4.88. The average molecular weight is 219 g/mol. The van der Waals surface area contributed by atoms with Crippen molar-refractivity contribution in [3.63, 3.8) is 0 Å². The summed E-state index contributed by atoms with van der Waals surface area (Å²) in [5, 5.41) is 0. The smallest absolute Gasteiger partial charge is 0.122 e. The molecule has 2 N–H and O–H groups in total. The summed E-state index contributed by atoms with van der Waals surface area (Å²) < 4.78 is 5.40. The molecule has 0 heterocycles. The highest BCUT2D eigenvalue weighted by molar-refractivity contribution is 5.34. The van der Waals surface area contributed by atoms with Gasteiger partial charge in [-0.3, -0.25) is 0 Å². The van der Waals surface area contributed by atoms with E-state index in [2.05, 4.69) is 12.1 Å². The molecule has 2 nitrogen and oxygen atoms in total. The zero-order valence-corrected chi connectivity index (χ0v) is 10.0. The molecule has 1 aliphatic rings. The maximum Gasteiger partial charge on any atom is 0.122 e. The van der Waals surface area contributed by atoms with Crippen molar-refractivity contribution in [3.8, 4) is 5.75 Å². The van der Waals surface area contributed by atoms with Crippen LogP contribution in [0.2, 0.25) is 0 Å². The van der Waals surface area contributed by atoms with Crippen LogP contribution >= 0.6 is 0 Å². The van der Waals surface area contributed by atoms with Crippen molar-refractivity contribution in [3.05, 3.63) is 29.8 Å². The lowest BCUT2D eigenvalue weighted by Crippen LogP contribution is -2.29. The Hall–Kier alpha value is -1.02. The maximum absolute atomic E-state index is 5.97. The minimum absolute atomic E-state index is 0.328. The Balaban J connectivity index is 2.18. The molecule has 16 heavy (non-hydrogen) atoms. The summed E-state index contributed by atoms with van der Waals surface area (Å²) in [7, 11) is 1.74. The van der Waals surface area contributed by atoms with E-state index < -0.39 is 0 Å². The van der Waals surface area contributed by atoms with Crippen molar-refractivity contribution < 1.29 is 4.74 Å². The van der Waals surface area contributed by atoms with E-state index in [-0.39, 0.29) is 0 Å². The average Bonchev–Trinajstić information content (AvgIpc) is 2.79. The van der Waals surface area contributed by atoms with Crippen molar-refractivity contribution in [1.82, 2.24) is 0 Å². The molecule has 88 valence electrons. The van der Waals surface area contributed by atoms with Crippen molar-refractivity contribution in [2.24, 2.45) is 11.1 Å². The highest BCUT2D eigenvalue weighted by atomic mass is 16.5. The summed E-state index contributed by atoms with van der Waals surface area (Å²) in [6.07, 6.45) is 6.25. The number of nitrogens with two attached hydrogens (primary N) is 1. The number of hydrogen-bond donors (Lipinski definition) is 1. The van der Waals surface area contributed by atoms with Crippen LogP contribution < -0.4 is 10.5 Å². The highest BCUT2D eigenvalue weighted by Crippen LogP contribution is 2.41. The van der Waals surface area contributed by atoms with Gasteiger partial charge < -0.3 is 10.5 Å². The fourth-order valence-electron chi connectivity index (χ4n) is 2.83. The normalized spacial score (nSPS) is 18.6. The molecule has 0 atom stereocenters. The molecule has 1 saturated carbocycles. The summed E-state index contributed by atoms with van der Waals surface area (Å²) in [6.45, 7) is 0.797. The molecule has 2 rings (SSSR count). The van der Waals surface area contributed by atoms with Gasteiger partial charge in [-0.1, -0.05) is 31.0 Å². The monoisotopic (exact) mass is 219 g/mol. The van der Waals surface area contributed by atoms with Gasteiger partial charge in [0.25, 0.3) is 0 Å². The van der Waals surface area contributed by atoms with Gasteiger partial charge in [0, 0.05) is 0 Å². The molecular formula is C14H21NO. The number of methoxy groups -OCH3 is 1. The van der Waals surface area contributed by atoms with Crippen LogP contribution in [0.1, 0.15) is 31.2 Å². The molecule has 0 amide bonds. The first-order chi connectivity index (χ1) is 7.79. The van der Waals surface area contributed by atoms with Gasteiger partial charge in [-0.05, 0) is 42.9 Å². The van der Waals surface area contributed by atoms with Gasteiger partial charge in [-0.2, -0.15) is 0 Å². The van der Waals surface area contributed by atoms with Crippen LogP contribution in [0.4, 0.5) is 0 Å². The summed E-state index contributed by atoms with van der Waals surface area (Å²) in [5.41, 5.74) is 7.60. The number of hydrogen-bond acceptors (Lipinski definition) is 2. The summed E-state index contributed by atoms with van der Waals surface area (Å²) in [6, 6.07) is 8.30. The first-order valence-electron chi connectivity index (χ1n) is 6.12. The molecular weight excluding hydrogens is 198 g/mol. The maximum atomic E-state index is 5.97. The fourth-order valence-corrected chi connectivity index (χ4v) is 2.83. The van der Waals surface area contributed by atoms with E-state index in [4.69, 9.17) is 10.5 Å². The first-order valence-corrected chi connectivity index (χ1v) is 6.12. The molecule has 2 heteroatoms. The summed E-state index contributed by atoms with van der Waals surface area (Å²) >= 11 is 0. The summed E-state index contributed by atoms with van der Waals surface area (Å²) in [5.74, 6) is 1.00. The molecule has 1 fully saturated rings. The van der Waals surface area contributed by atoms with Crippen molar-refractivity contribution >= 4 is 0 Å². The SMILES string of the molecule is COc1ccccc1CC1(CN)CCCC1. The van der Waals surface area contributed by atoms with Crippen LogP contribution in [0.25, 0.3) is 0 Å². The van der Waals surface area contributed by atoms with E-state index in [1.807, 2.05) is 12.1 Å². The predicted molar refractivity (Wildman–Crippen MR) is 66.7 cm³/mol. The van der Waals surface area contributed by atoms with E-state index >= 15 is 0 Å². The Morgan fingerprint density at radius 2 is 1.94 bits per heavy atom. The fraction of sp³-hybridized carbons (Fsp3) is 0.571. The van der Waals surface area contributed by atoms with Crippen LogP contribution in [0.15, 0.2) is 24.3 Å². The zero-order valence-electron chi connectivity index (χ0n) is 10.0. The van der Waals surface area contributed by atoms with E-state index in [0.717, 1.165) is 18.7 Å². The van der Waals surface area contributed by atoms with Gasteiger partial charge in [0.15, 0.2) is 0 Å². The molecule has 0 saturated heterocycles. The highest BCUT2D eigenvalue weighted by Gasteiger charge is 2.33. The van der Waals surface area contributed by atoms with Crippen LogP contribution in [0.3, 0.4) is 0 Å². The molecule has 1 aromatic rings. The molecule has 0 aliphatic heterocycles. The van der Waals surface area contributed by atoms with Gasteiger partial charge in [0.05, 0.1) is 7.11 Å². The molecule has 1 aromatic carbocycles. The molecule has 0 aromatic heterocycles. The Kier molecular flexibility index (Phi) is 3.49. The third-order valence-corrected chi connectivity index (χ3v) is 3.86. The van der Waals surface area contributed by atoms with E-state index in [0.29, 0.717) is 5.41 Å². The molecule has 0 radical (unpaired) electrons. The van der Waals surface area contributed by atoms with Gasteiger partial charge in [-0.25, -0.2) is 0 Å². The zero-order chi connectivity index (χ0) is 11.4. The van der Waals surface area contributed by atoms with Crippen molar-refractivity contribution in [2.75, 3.05) is 13.7 Å². The standard InChI is InChI=1S/C14H21NO/c1-16-13-7-3-2-6-12(13)10-14(11-15)8-4-5-9-14/h2-3,6-7H,4-5,8-11,15H2,1H3. The largest absolute Gasteiger partial charge is 0.496 e. The third-order valence-electron chi connectivity index (χ3n) is 3.86. The number of ether oxygens (including phenoxy) is 1. The molecule has 0 spiro atoms. The second-order valence-corrected chi connectivity index (χ2v) is 4.90. The molecule has 0 unspecified atom stereocenters. The lowest BCUT2D eigenvalue weighted by atomic mass is 9.80. The second-order valence-electron chi connectivity index (χ2n) is 4.90. The van der Waals surface area contributed by atoms with Gasteiger partial charge in [0.2, 0.25) is 0 Å². The number of rotatable bonds is 4. The van der Waals surface area contributed by atoms with Crippen LogP contribution in [-0.4, -0.2) is 13.7 Å². The van der Waals surface area contributed by atoms with Crippen molar-refractivity contribution in [1.29, 1.82) is 0 Å². The quantitative estimate of drug-likeness (QED) is 0.845. The van der Waals surface area contributed by atoms with E-state index in [9.17, 15) is 0 Å². The molecule has 0 bridgehead atoms. The van der Waals surface area contributed by atoms with Gasteiger partial charge in [0.1, 0.15) is 5.75 Å². The van der Waals surface area contributed by atoms with Crippen LogP contribution in [-0.2, 0) is 6.42 Å². The minimum Gasteiger partial charge on any atom is -0.496 e. The Labute approximate surface area is 97.8 Å². The Bertz CT molecular complexity index is 342. The number of para-hydroxylation sites is 1. The van der Waals surface area contributed by atoms with Crippen LogP contribution in [0, 0.1) is 5.41 Å². The Morgan fingerprint density at radius 1 is 1.25 bits per heavy atom. The first kappa shape index (κ1) is 11.5. The van der Waals surface area contributed by atoms with E-state index in [1.54, 1.807) is 7.11 Å². The predicted octanol–water partition coefficient (Wildman–Crippen LogP) is 2.76. The van der Waals surface area contributed by atoms with Crippen molar-refractivity contribution in [2.45, 2.75) is 32.1 Å². The summed E-state index contributed by atoms with van der Waals surface area (Å²) in [4.78, 5) is 0. The lowest BCUT2D eigenvalue weighted by Gasteiger charge is -2.27. The van der Waals surface area contributed by atoms with Crippen LogP contribution in [0.5, 0.6) is 5.75 Å². The minimum atomic E-state index is 0.328. The van der Waals surface area contributed by atoms with Gasteiger partial charge >= 0.3 is 0 Å². The number of benzene rings is 1. The van der Waals surface area contributed by atoms with E-state index in [1.165, 1.54) is 31.2 Å². The topological polar surface area (TPSA) is 35.2 Å². The lowest BCUT2D eigenvalue weighted by molar-refractivity contribution is 0.300. The molecule has 1 aliphatic carbocycles. The van der Waals surface area contributed by atoms with Gasteiger partial charge in [-0.15, -0.1) is 0 Å². The Morgan fingerprint density at radius 3 is 2.56 bits per heavy atom.